The van der Waals surface area contributed by atoms with Crippen molar-refractivity contribution in [3.8, 4) is 0 Å². The summed E-state index contributed by atoms with van der Waals surface area (Å²) in [4.78, 5) is 13.6. The predicted molar refractivity (Wildman–Crippen MR) is 72.5 cm³/mol. The van der Waals surface area contributed by atoms with Gasteiger partial charge in [0.2, 0.25) is 0 Å². The summed E-state index contributed by atoms with van der Waals surface area (Å²) in [6.07, 6.45) is 0.553. The number of carbonyl (C=O) groups excluding carboxylic acids is 1. The number of ketones is 1. The van der Waals surface area contributed by atoms with Crippen LogP contribution in [0.15, 0.2) is 12.1 Å². The quantitative estimate of drug-likeness (QED) is 0.728. The van der Waals surface area contributed by atoms with Gasteiger partial charge in [-0.2, -0.15) is 0 Å². The van der Waals surface area contributed by atoms with E-state index in [0.29, 0.717) is 40.4 Å². The minimum atomic E-state index is 0.0364. The molecule has 0 spiro atoms. The fraction of sp³-hybridized carbons (Fsp3) is 0.417. The molecule has 0 radical (unpaired) electrons. The lowest BCUT2D eigenvalue weighted by molar-refractivity contribution is -0.122. The molecule has 1 unspecified atom stereocenters. The molecule has 17 heavy (non-hydrogen) atoms. The van der Waals surface area contributed by atoms with Gasteiger partial charge in [-0.15, -0.1) is 0 Å². The van der Waals surface area contributed by atoms with E-state index in [4.69, 9.17) is 34.8 Å². The molecule has 0 saturated carbocycles. The van der Waals surface area contributed by atoms with Crippen molar-refractivity contribution in [3.63, 3.8) is 0 Å². The van der Waals surface area contributed by atoms with Crippen molar-refractivity contribution in [1.29, 1.82) is 0 Å². The van der Waals surface area contributed by atoms with E-state index in [1.165, 1.54) is 0 Å². The van der Waals surface area contributed by atoms with Crippen molar-refractivity contribution in [2.45, 2.75) is 13.3 Å². The van der Waals surface area contributed by atoms with Crippen molar-refractivity contribution in [3.05, 3.63) is 27.2 Å². The third-order valence-electron chi connectivity index (χ3n) is 3.00. The van der Waals surface area contributed by atoms with Crippen LogP contribution in [0.4, 0.5) is 5.69 Å². The van der Waals surface area contributed by atoms with Gasteiger partial charge in [-0.3, -0.25) is 4.79 Å². The molecule has 0 N–H and O–H groups in total. The zero-order valence-corrected chi connectivity index (χ0v) is 11.6. The van der Waals surface area contributed by atoms with Crippen molar-refractivity contribution in [1.82, 2.24) is 0 Å². The van der Waals surface area contributed by atoms with Crippen LogP contribution < -0.4 is 4.90 Å². The first-order chi connectivity index (χ1) is 7.99. The summed E-state index contributed by atoms with van der Waals surface area (Å²) >= 11 is 18.0. The maximum absolute atomic E-state index is 11.5. The number of halogens is 3. The number of benzene rings is 1. The third kappa shape index (κ3) is 2.70. The average Bonchev–Trinajstić information content (AvgIpc) is 2.27. The second kappa shape index (κ2) is 5.05. The van der Waals surface area contributed by atoms with Crippen LogP contribution in [0, 0.1) is 5.92 Å². The van der Waals surface area contributed by atoms with E-state index in [0.717, 1.165) is 5.69 Å². The highest BCUT2D eigenvalue weighted by molar-refractivity contribution is 6.44. The summed E-state index contributed by atoms with van der Waals surface area (Å²) in [7, 11) is 0. The van der Waals surface area contributed by atoms with Crippen molar-refractivity contribution in [2.24, 2.45) is 5.92 Å². The van der Waals surface area contributed by atoms with Crippen LogP contribution in [0.2, 0.25) is 15.1 Å². The maximum Gasteiger partial charge on any atom is 0.139 e. The largest absolute Gasteiger partial charge is 0.369 e. The first kappa shape index (κ1) is 13.0. The summed E-state index contributed by atoms with van der Waals surface area (Å²) in [5.74, 6) is 0.340. The summed E-state index contributed by atoms with van der Waals surface area (Å²) in [6.45, 7) is 3.29. The Morgan fingerprint density at radius 2 is 1.82 bits per heavy atom. The monoisotopic (exact) mass is 291 g/mol. The van der Waals surface area contributed by atoms with E-state index in [9.17, 15) is 4.79 Å². The molecule has 1 aliphatic heterocycles. The number of Topliss-reactive ketones (excluding diaryl/α,β-unsaturated/α-hetero) is 1. The van der Waals surface area contributed by atoms with E-state index in [-0.39, 0.29) is 5.92 Å². The summed E-state index contributed by atoms with van der Waals surface area (Å²) < 4.78 is 0. The van der Waals surface area contributed by atoms with Crippen LogP contribution in [0.5, 0.6) is 0 Å². The standard InChI is InChI=1S/C12H12Cl3NO/c1-7-6-16(3-2-12(7)17)11-5-9(14)8(13)4-10(11)15/h4-5,7H,2-3,6H2,1H3. The van der Waals surface area contributed by atoms with Gasteiger partial charge in [0.15, 0.2) is 0 Å². The lowest BCUT2D eigenvalue weighted by atomic mass is 9.98. The van der Waals surface area contributed by atoms with Crippen molar-refractivity contribution >= 4 is 46.3 Å². The SMILES string of the molecule is CC1CN(c2cc(Cl)c(Cl)cc2Cl)CCC1=O. The van der Waals surface area contributed by atoms with E-state index in [1.807, 2.05) is 6.92 Å². The summed E-state index contributed by atoms with van der Waals surface area (Å²) in [6, 6.07) is 3.40. The second-order valence-electron chi connectivity index (χ2n) is 4.28. The van der Waals surface area contributed by atoms with Crippen LogP contribution in [-0.4, -0.2) is 18.9 Å². The topological polar surface area (TPSA) is 20.3 Å². The molecule has 1 aliphatic rings. The highest BCUT2D eigenvalue weighted by Gasteiger charge is 2.25. The summed E-state index contributed by atoms with van der Waals surface area (Å²) in [5.41, 5.74) is 0.848. The fourth-order valence-electron chi connectivity index (χ4n) is 1.99. The minimum Gasteiger partial charge on any atom is -0.369 e. The van der Waals surface area contributed by atoms with Gasteiger partial charge in [0, 0.05) is 25.4 Å². The average molecular weight is 293 g/mol. The molecule has 1 heterocycles. The van der Waals surface area contributed by atoms with Crippen LogP contribution >= 0.6 is 34.8 Å². The Morgan fingerprint density at radius 3 is 2.47 bits per heavy atom. The molecule has 2 nitrogen and oxygen atoms in total. The normalized spacial score (nSPS) is 20.8. The van der Waals surface area contributed by atoms with Crippen molar-refractivity contribution in [2.75, 3.05) is 18.0 Å². The third-order valence-corrected chi connectivity index (χ3v) is 4.03. The maximum atomic E-state index is 11.5. The highest BCUT2D eigenvalue weighted by Crippen LogP contribution is 2.35. The molecule has 2 rings (SSSR count). The predicted octanol–water partition coefficient (Wildman–Crippen LogP) is 4.06. The number of anilines is 1. The van der Waals surface area contributed by atoms with Gasteiger partial charge in [-0.05, 0) is 12.1 Å². The molecule has 0 aromatic heterocycles. The van der Waals surface area contributed by atoms with Gasteiger partial charge in [0.1, 0.15) is 5.78 Å². The Labute approximate surface area is 115 Å². The van der Waals surface area contributed by atoms with Crippen LogP contribution in [0.3, 0.4) is 0 Å². The first-order valence-corrected chi connectivity index (χ1v) is 6.54. The smallest absolute Gasteiger partial charge is 0.139 e. The van der Waals surface area contributed by atoms with Gasteiger partial charge >= 0.3 is 0 Å². The number of nitrogens with zero attached hydrogens (tertiary/aromatic N) is 1. The zero-order chi connectivity index (χ0) is 12.6. The Kier molecular flexibility index (Phi) is 3.86. The van der Waals surface area contributed by atoms with Crippen LogP contribution in [0.25, 0.3) is 0 Å². The molecule has 1 atom stereocenters. The number of carbonyl (C=O) groups is 1. The van der Waals surface area contributed by atoms with E-state index >= 15 is 0 Å². The van der Waals surface area contributed by atoms with Gasteiger partial charge in [0.05, 0.1) is 20.8 Å². The highest BCUT2D eigenvalue weighted by atomic mass is 35.5. The molecular weight excluding hydrogens is 280 g/mol. The van der Waals surface area contributed by atoms with E-state index in [1.54, 1.807) is 12.1 Å². The Hall–Kier alpha value is -0.440. The molecule has 5 heteroatoms. The molecule has 1 saturated heterocycles. The molecule has 92 valence electrons. The number of hydrogen-bond acceptors (Lipinski definition) is 2. The van der Waals surface area contributed by atoms with Crippen LogP contribution in [0.1, 0.15) is 13.3 Å². The van der Waals surface area contributed by atoms with E-state index < -0.39 is 0 Å². The second-order valence-corrected chi connectivity index (χ2v) is 5.50. The van der Waals surface area contributed by atoms with Gasteiger partial charge in [-0.1, -0.05) is 41.7 Å². The minimum absolute atomic E-state index is 0.0364. The van der Waals surface area contributed by atoms with Gasteiger partial charge in [-0.25, -0.2) is 0 Å². The fourth-order valence-corrected chi connectivity index (χ4v) is 2.65. The number of hydrogen-bond donors (Lipinski definition) is 0. The lowest BCUT2D eigenvalue weighted by Crippen LogP contribution is -2.39. The lowest BCUT2D eigenvalue weighted by Gasteiger charge is -2.32. The van der Waals surface area contributed by atoms with Crippen molar-refractivity contribution < 1.29 is 4.79 Å². The Bertz CT molecular complexity index is 461. The molecular formula is C12H12Cl3NO. The Morgan fingerprint density at radius 1 is 1.18 bits per heavy atom. The number of piperidine rings is 1. The molecule has 0 amide bonds. The molecule has 1 fully saturated rings. The van der Waals surface area contributed by atoms with E-state index in [2.05, 4.69) is 4.90 Å². The zero-order valence-electron chi connectivity index (χ0n) is 9.34. The molecule has 0 bridgehead atoms. The molecule has 1 aromatic carbocycles. The summed E-state index contributed by atoms with van der Waals surface area (Å²) in [5, 5.41) is 1.50. The Balaban J connectivity index is 2.29. The first-order valence-electron chi connectivity index (χ1n) is 5.41. The van der Waals surface area contributed by atoms with Crippen LogP contribution in [-0.2, 0) is 4.79 Å². The van der Waals surface area contributed by atoms with Gasteiger partial charge in [0.25, 0.3) is 0 Å². The molecule has 0 aliphatic carbocycles. The molecule has 1 aromatic rings. The van der Waals surface area contributed by atoms with Gasteiger partial charge < -0.3 is 4.90 Å². The number of rotatable bonds is 1.